The number of para-hydroxylation sites is 2. The van der Waals surface area contributed by atoms with E-state index in [9.17, 15) is 10.2 Å². The van der Waals surface area contributed by atoms with Crippen LogP contribution in [0.15, 0.2) is 58.1 Å². The van der Waals surface area contributed by atoms with Crippen molar-refractivity contribution in [1.29, 1.82) is 0 Å². The van der Waals surface area contributed by atoms with Crippen LogP contribution in [0.4, 0.5) is 5.69 Å². The Morgan fingerprint density at radius 1 is 0.500 bits per heavy atom. The summed E-state index contributed by atoms with van der Waals surface area (Å²) in [6.45, 7) is 25.6. The third-order valence-electron chi connectivity index (χ3n) is 8.22. The zero-order chi connectivity index (χ0) is 36.8. The Balaban J connectivity index is 0.000000381. The van der Waals surface area contributed by atoms with E-state index in [1.165, 1.54) is 16.8 Å². The fourth-order valence-corrected chi connectivity index (χ4v) is 12.4. The van der Waals surface area contributed by atoms with E-state index in [1.54, 1.807) is 21.3 Å². The van der Waals surface area contributed by atoms with Crippen molar-refractivity contribution in [2.45, 2.75) is 119 Å². The van der Waals surface area contributed by atoms with Gasteiger partial charge in [0.2, 0.25) is 0 Å². The number of hydrogen-bond donors (Lipinski definition) is 2. The molecule has 3 aromatic carbocycles. The molecule has 0 saturated heterocycles. The molecule has 3 rings (SSSR count). The van der Waals surface area contributed by atoms with Gasteiger partial charge in [0.05, 0.1) is 0 Å². The average Bonchev–Trinajstić information content (AvgIpc) is 3.03. The first kappa shape index (κ1) is 43.7. The van der Waals surface area contributed by atoms with Crippen molar-refractivity contribution < 1.29 is 41.4 Å². The van der Waals surface area contributed by atoms with E-state index in [4.69, 9.17) is 16.8 Å². The molecule has 48 heavy (non-hydrogen) atoms. The molecule has 0 heterocycles. The first-order chi connectivity index (χ1) is 22.5. The molecule has 0 saturated carbocycles. The van der Waals surface area contributed by atoms with Crippen LogP contribution in [0.3, 0.4) is 0 Å². The molecule has 3 aromatic rings. The quantitative estimate of drug-likeness (QED) is 0.188. The summed E-state index contributed by atoms with van der Waals surface area (Å²) < 4.78 is 23.4. The fraction of sp³-hybridized carbons (Fsp3) is 0.525. The van der Waals surface area contributed by atoms with Crippen molar-refractivity contribution in [2.75, 3.05) is 21.3 Å². The van der Waals surface area contributed by atoms with Crippen LogP contribution in [0.5, 0.6) is 11.5 Å². The fourth-order valence-electron chi connectivity index (χ4n) is 5.18. The molecule has 0 bridgehead atoms. The second kappa shape index (κ2) is 21.0. The Labute approximate surface area is 301 Å². The number of nitrogens with zero attached hydrogens (tertiary/aromatic N) is 1. The molecule has 6 nitrogen and oxygen atoms in total. The third kappa shape index (κ3) is 12.6. The summed E-state index contributed by atoms with van der Waals surface area (Å²) in [5, 5.41) is 19.9. The van der Waals surface area contributed by atoms with E-state index >= 15 is 0 Å². The minimum atomic E-state index is -2.61. The summed E-state index contributed by atoms with van der Waals surface area (Å²) >= 11 is -1.12. The summed E-state index contributed by atoms with van der Waals surface area (Å²) in [5.41, 5.74) is 7.99. The molecule has 0 spiro atoms. The van der Waals surface area contributed by atoms with Crippen LogP contribution in [0.2, 0.25) is 0 Å². The van der Waals surface area contributed by atoms with Crippen molar-refractivity contribution in [3.8, 4) is 11.5 Å². The maximum absolute atomic E-state index is 9.93. The predicted molar refractivity (Wildman–Crippen MR) is 202 cm³/mol. The number of hydrogen-bond acceptors (Lipinski definition) is 6. The Morgan fingerprint density at radius 3 is 0.979 bits per heavy atom. The molecule has 0 aromatic heterocycles. The van der Waals surface area contributed by atoms with Gasteiger partial charge in [-0.2, -0.15) is 0 Å². The Bertz CT molecular complexity index is 1320. The van der Waals surface area contributed by atoms with Gasteiger partial charge >= 0.3 is 143 Å². The first-order valence-corrected chi connectivity index (χ1v) is 21.9. The van der Waals surface area contributed by atoms with Crippen molar-refractivity contribution in [3.63, 3.8) is 0 Å². The molecular formula is C40H63NO5SiW. The molecular weight excluding hydrogens is 786 g/mol. The molecule has 0 fully saturated rings. The van der Waals surface area contributed by atoms with Crippen LogP contribution >= 0.6 is 0 Å². The molecule has 0 unspecified atom stereocenters. The van der Waals surface area contributed by atoms with Crippen molar-refractivity contribution >= 4 is 18.5 Å². The van der Waals surface area contributed by atoms with Gasteiger partial charge in [-0.05, 0) is 45.9 Å². The van der Waals surface area contributed by atoms with E-state index in [-0.39, 0.29) is 0 Å². The number of phenols is 2. The zero-order valence-corrected chi connectivity index (χ0v) is 36.1. The number of benzene rings is 3. The standard InChI is InChI=1S/C12H17N.2C12H18O.C4H10O3Si.W/c3*1-8(2)10-6-5-7-11(9(3)4)12(10)13;1-5-8(4,6-2)7-3;/h5-9H,1-4H3;2*5-9,13H,1-4H3;4H,1-3H3;. The minimum absolute atomic E-state index is 0.388. The van der Waals surface area contributed by atoms with Gasteiger partial charge in [0, 0.05) is 0 Å². The summed E-state index contributed by atoms with van der Waals surface area (Å²) in [7, 11) is 2.30. The monoisotopic (exact) mass is 849 g/mol. The molecule has 0 amide bonds. The zero-order valence-electron chi connectivity index (χ0n) is 32.2. The Morgan fingerprint density at radius 2 is 0.750 bits per heavy atom. The molecule has 0 atom stereocenters. The van der Waals surface area contributed by atoms with Gasteiger partial charge in [0.1, 0.15) is 11.5 Å². The van der Waals surface area contributed by atoms with Crippen LogP contribution in [-0.2, 0) is 31.2 Å². The molecule has 2 N–H and O–H groups in total. The topological polar surface area (TPSA) is 80.5 Å². The normalized spacial score (nSPS) is 11.5. The SMILES string of the molecule is CC(C)c1cccc(C(C)C)c1O.CC(C)c1cccc(C(C)C)c1O.CO[Si]([CH]=[W]=[N]c1c(C(C)C)cccc1C(C)C)(OC)OC. The first-order valence-electron chi connectivity index (χ1n) is 17.1. The van der Waals surface area contributed by atoms with Gasteiger partial charge in [-0.1, -0.05) is 91.8 Å². The molecule has 8 heteroatoms. The summed E-state index contributed by atoms with van der Waals surface area (Å²) in [5.74, 6) is 3.44. The Kier molecular flexibility index (Phi) is 19.2. The van der Waals surface area contributed by atoms with Crippen molar-refractivity contribution in [1.82, 2.24) is 0 Å². The molecule has 0 radical (unpaired) electrons. The molecule has 0 aliphatic carbocycles. The molecule has 0 aliphatic heterocycles. The van der Waals surface area contributed by atoms with E-state index in [0.717, 1.165) is 22.3 Å². The van der Waals surface area contributed by atoms with E-state index < -0.39 is 26.7 Å². The number of phenolic OH excluding ortho intramolecular Hbond substituents is 2. The van der Waals surface area contributed by atoms with Gasteiger partial charge in [0.15, 0.2) is 0 Å². The van der Waals surface area contributed by atoms with Crippen molar-refractivity contribution in [3.05, 3.63) is 88.0 Å². The number of aromatic hydroxyl groups is 2. The van der Waals surface area contributed by atoms with Gasteiger partial charge in [-0.15, -0.1) is 0 Å². The van der Waals surface area contributed by atoms with Gasteiger partial charge < -0.3 is 10.2 Å². The summed E-state index contributed by atoms with van der Waals surface area (Å²) in [6, 6.07) is 18.5. The van der Waals surface area contributed by atoms with Crippen molar-refractivity contribution in [2.24, 2.45) is 3.50 Å². The van der Waals surface area contributed by atoms with Gasteiger partial charge in [-0.25, -0.2) is 0 Å². The average molecular weight is 850 g/mol. The van der Waals surface area contributed by atoms with Crippen LogP contribution in [-0.4, -0.2) is 44.4 Å². The molecule has 268 valence electrons. The van der Waals surface area contributed by atoms with E-state index in [2.05, 4.69) is 105 Å². The summed E-state index contributed by atoms with van der Waals surface area (Å²) in [4.78, 5) is 0. The van der Waals surface area contributed by atoms with Gasteiger partial charge in [-0.3, -0.25) is 0 Å². The molecule has 0 aliphatic rings. The summed E-state index contributed by atoms with van der Waals surface area (Å²) in [6.07, 6.45) is 0. The van der Waals surface area contributed by atoms with Gasteiger partial charge in [0.25, 0.3) is 0 Å². The predicted octanol–water partition coefficient (Wildman–Crippen LogP) is 11.3. The Hall–Kier alpha value is -2.28. The van der Waals surface area contributed by atoms with Crippen LogP contribution in [0.25, 0.3) is 0 Å². The third-order valence-corrected chi connectivity index (χ3v) is 15.6. The van der Waals surface area contributed by atoms with Crippen LogP contribution in [0.1, 0.15) is 152 Å². The number of rotatable bonds is 11. The van der Waals surface area contributed by atoms with Crippen LogP contribution < -0.4 is 0 Å². The van der Waals surface area contributed by atoms with E-state index in [0.29, 0.717) is 47.0 Å². The second-order valence-electron chi connectivity index (χ2n) is 13.8. The van der Waals surface area contributed by atoms with Crippen LogP contribution in [0, 0.1) is 0 Å². The maximum atomic E-state index is 9.93. The van der Waals surface area contributed by atoms with E-state index in [1.807, 2.05) is 36.4 Å². The second-order valence-corrected chi connectivity index (χ2v) is 20.4.